The molecule has 8 heteroatoms. The maximum Gasteiger partial charge on any atom is 0.320 e. The van der Waals surface area contributed by atoms with E-state index in [4.69, 9.17) is 9.84 Å². The number of anilines is 1. The van der Waals surface area contributed by atoms with Crippen molar-refractivity contribution in [3.05, 3.63) is 77.2 Å². The third-order valence-electron chi connectivity index (χ3n) is 6.74. The lowest BCUT2D eigenvalue weighted by atomic mass is 9.94. The van der Waals surface area contributed by atoms with E-state index < -0.39 is 0 Å². The smallest absolute Gasteiger partial charge is 0.320 e. The zero-order valence-electron chi connectivity index (χ0n) is 19.3. The Morgan fingerprint density at radius 1 is 1.15 bits per heavy atom. The molecule has 178 valence electrons. The fourth-order valence-electron chi connectivity index (χ4n) is 5.10. The first kappa shape index (κ1) is 22.6. The van der Waals surface area contributed by atoms with Crippen LogP contribution in [0, 0.1) is 5.82 Å². The molecule has 1 fully saturated rings. The molecule has 7 nitrogen and oxygen atoms in total. The van der Waals surface area contributed by atoms with Crippen LogP contribution in [0.4, 0.5) is 15.0 Å². The molecule has 2 heterocycles. The SMILES string of the molecule is COCCN1CC(NC(=O)Nc2c3c(nn2-c2ccccc2)CCC3)C(c2cccc(F)c2)C1. The Balaban J connectivity index is 1.36. The highest BCUT2D eigenvalue weighted by atomic mass is 19.1. The van der Waals surface area contributed by atoms with Gasteiger partial charge in [0.05, 0.1) is 24.0 Å². The van der Waals surface area contributed by atoms with Crippen molar-refractivity contribution in [3.63, 3.8) is 0 Å². The van der Waals surface area contributed by atoms with Crippen LogP contribution in [0.2, 0.25) is 0 Å². The topological polar surface area (TPSA) is 71.4 Å². The summed E-state index contributed by atoms with van der Waals surface area (Å²) in [5.74, 6) is 0.453. The fraction of sp³-hybridized carbons (Fsp3) is 0.385. The first-order chi connectivity index (χ1) is 16.6. The van der Waals surface area contributed by atoms with Crippen LogP contribution in [0.3, 0.4) is 0 Å². The lowest BCUT2D eigenvalue weighted by Gasteiger charge is -2.21. The standard InChI is InChI=1S/C26H30FN5O2/c1-34-14-13-31-16-22(18-7-5-8-19(27)15-18)24(17-31)28-26(33)29-25-21-11-6-12-23(21)30-32(25)20-9-3-2-4-10-20/h2-5,7-10,15,22,24H,6,11-14,16-17H2,1H3,(H2,28,29,33). The molecule has 3 aromatic rings. The minimum Gasteiger partial charge on any atom is -0.383 e. The third kappa shape index (κ3) is 4.69. The molecule has 1 saturated heterocycles. The molecule has 34 heavy (non-hydrogen) atoms. The molecule has 2 N–H and O–H groups in total. The predicted molar refractivity (Wildman–Crippen MR) is 129 cm³/mol. The van der Waals surface area contributed by atoms with Crippen molar-refractivity contribution >= 4 is 11.8 Å². The number of methoxy groups -OCH3 is 1. The Morgan fingerprint density at radius 2 is 2.00 bits per heavy atom. The van der Waals surface area contributed by atoms with Gasteiger partial charge in [-0.1, -0.05) is 30.3 Å². The number of carbonyl (C=O) groups is 1. The Labute approximate surface area is 198 Å². The fourth-order valence-corrected chi connectivity index (χ4v) is 5.10. The number of aromatic nitrogens is 2. The molecule has 2 aromatic carbocycles. The summed E-state index contributed by atoms with van der Waals surface area (Å²) in [4.78, 5) is 15.5. The highest BCUT2D eigenvalue weighted by Crippen LogP contribution is 2.32. The monoisotopic (exact) mass is 463 g/mol. The molecule has 1 aromatic heterocycles. The number of aryl methyl sites for hydroxylation is 1. The number of fused-ring (bicyclic) bond motifs is 1. The summed E-state index contributed by atoms with van der Waals surface area (Å²) >= 11 is 0. The van der Waals surface area contributed by atoms with E-state index in [0.29, 0.717) is 13.2 Å². The highest BCUT2D eigenvalue weighted by molar-refractivity contribution is 5.90. The van der Waals surface area contributed by atoms with Crippen molar-refractivity contribution in [2.75, 3.05) is 38.7 Å². The van der Waals surface area contributed by atoms with Crippen molar-refractivity contribution < 1.29 is 13.9 Å². The van der Waals surface area contributed by atoms with Crippen LogP contribution in [-0.4, -0.2) is 60.1 Å². The Kier molecular flexibility index (Phi) is 6.60. The summed E-state index contributed by atoms with van der Waals surface area (Å²) in [7, 11) is 1.68. The molecule has 1 aliphatic carbocycles. The van der Waals surface area contributed by atoms with E-state index >= 15 is 0 Å². The van der Waals surface area contributed by atoms with Gasteiger partial charge >= 0.3 is 6.03 Å². The van der Waals surface area contributed by atoms with Crippen LogP contribution in [-0.2, 0) is 17.6 Å². The van der Waals surface area contributed by atoms with Crippen LogP contribution in [0.25, 0.3) is 5.69 Å². The molecule has 2 atom stereocenters. The molecule has 2 aliphatic rings. The van der Waals surface area contributed by atoms with Crippen molar-refractivity contribution in [3.8, 4) is 5.69 Å². The molecule has 0 saturated carbocycles. The van der Waals surface area contributed by atoms with Gasteiger partial charge in [0.15, 0.2) is 0 Å². The number of rotatable bonds is 7. The van der Waals surface area contributed by atoms with E-state index in [0.717, 1.165) is 60.7 Å². The Hall–Kier alpha value is -3.23. The summed E-state index contributed by atoms with van der Waals surface area (Å²) in [6.45, 7) is 2.77. The number of hydrogen-bond donors (Lipinski definition) is 2. The van der Waals surface area contributed by atoms with Gasteiger partial charge in [0.2, 0.25) is 0 Å². The summed E-state index contributed by atoms with van der Waals surface area (Å²) in [5.41, 5.74) is 3.95. The quantitative estimate of drug-likeness (QED) is 0.560. The second-order valence-electron chi connectivity index (χ2n) is 8.99. The molecule has 0 spiro atoms. The van der Waals surface area contributed by atoms with Crippen molar-refractivity contribution in [1.29, 1.82) is 0 Å². The van der Waals surface area contributed by atoms with Gasteiger partial charge in [-0.2, -0.15) is 5.10 Å². The van der Waals surface area contributed by atoms with Crippen molar-refractivity contribution in [2.24, 2.45) is 0 Å². The van der Waals surface area contributed by atoms with Crippen LogP contribution in [0.15, 0.2) is 54.6 Å². The number of carbonyl (C=O) groups excluding carboxylic acids is 1. The molecule has 0 bridgehead atoms. The maximum absolute atomic E-state index is 14.0. The summed E-state index contributed by atoms with van der Waals surface area (Å²) < 4.78 is 21.0. The van der Waals surface area contributed by atoms with Gasteiger partial charge in [-0.3, -0.25) is 10.2 Å². The number of nitrogens with zero attached hydrogens (tertiary/aromatic N) is 3. The summed E-state index contributed by atoms with van der Waals surface area (Å²) in [6.07, 6.45) is 2.87. The normalized spacial score (nSPS) is 19.8. The van der Waals surface area contributed by atoms with Gasteiger partial charge in [0, 0.05) is 38.2 Å². The summed E-state index contributed by atoms with van der Waals surface area (Å²) in [6, 6.07) is 16.1. The highest BCUT2D eigenvalue weighted by Gasteiger charge is 2.35. The van der Waals surface area contributed by atoms with Gasteiger partial charge in [-0.15, -0.1) is 0 Å². The van der Waals surface area contributed by atoms with E-state index in [1.165, 1.54) is 6.07 Å². The second kappa shape index (κ2) is 9.95. The number of urea groups is 1. The molecule has 1 aliphatic heterocycles. The molecular formula is C26H30FN5O2. The van der Waals surface area contributed by atoms with Crippen LogP contribution < -0.4 is 10.6 Å². The molecular weight excluding hydrogens is 433 g/mol. The van der Waals surface area contributed by atoms with Gasteiger partial charge in [0.25, 0.3) is 0 Å². The predicted octanol–water partition coefficient (Wildman–Crippen LogP) is 3.74. The zero-order chi connectivity index (χ0) is 23.5. The van der Waals surface area contributed by atoms with E-state index in [-0.39, 0.29) is 23.8 Å². The minimum atomic E-state index is -0.272. The number of halogens is 1. The average Bonchev–Trinajstić information content (AvgIpc) is 3.54. The van der Waals surface area contributed by atoms with E-state index in [2.05, 4.69) is 15.5 Å². The van der Waals surface area contributed by atoms with Crippen LogP contribution >= 0.6 is 0 Å². The first-order valence-electron chi connectivity index (χ1n) is 11.8. The number of nitrogens with one attached hydrogen (secondary N) is 2. The number of para-hydroxylation sites is 1. The molecule has 2 unspecified atom stereocenters. The lowest BCUT2D eigenvalue weighted by molar-refractivity contribution is 0.159. The van der Waals surface area contributed by atoms with Gasteiger partial charge in [-0.25, -0.2) is 13.9 Å². The summed E-state index contributed by atoms with van der Waals surface area (Å²) in [5, 5.41) is 11.0. The van der Waals surface area contributed by atoms with E-state index in [9.17, 15) is 9.18 Å². The first-order valence-corrected chi connectivity index (χ1v) is 11.8. The number of ether oxygens (including phenoxy) is 1. The Bertz CT molecular complexity index is 1150. The minimum absolute atomic E-state index is 0.0111. The number of benzene rings is 2. The van der Waals surface area contributed by atoms with E-state index in [1.807, 2.05) is 41.1 Å². The molecule has 2 amide bonds. The van der Waals surface area contributed by atoms with Crippen LogP contribution in [0.1, 0.15) is 29.2 Å². The van der Waals surface area contributed by atoms with Gasteiger partial charge < -0.3 is 10.1 Å². The maximum atomic E-state index is 14.0. The van der Waals surface area contributed by atoms with Crippen LogP contribution in [0.5, 0.6) is 0 Å². The van der Waals surface area contributed by atoms with Gasteiger partial charge in [-0.05, 0) is 49.1 Å². The largest absolute Gasteiger partial charge is 0.383 e. The number of likely N-dealkylation sites (tertiary alicyclic amines) is 1. The molecule has 5 rings (SSSR count). The average molecular weight is 464 g/mol. The van der Waals surface area contributed by atoms with E-state index in [1.54, 1.807) is 19.2 Å². The van der Waals surface area contributed by atoms with Gasteiger partial charge in [0.1, 0.15) is 11.6 Å². The van der Waals surface area contributed by atoms with Crippen molar-refractivity contribution in [2.45, 2.75) is 31.2 Å². The second-order valence-corrected chi connectivity index (χ2v) is 8.99. The third-order valence-corrected chi connectivity index (χ3v) is 6.74. The number of hydrogen-bond acceptors (Lipinski definition) is 4. The van der Waals surface area contributed by atoms with Crippen molar-refractivity contribution in [1.82, 2.24) is 20.0 Å². The number of amides is 2. The lowest BCUT2D eigenvalue weighted by Crippen LogP contribution is -2.42. The Morgan fingerprint density at radius 3 is 2.79 bits per heavy atom. The zero-order valence-corrected chi connectivity index (χ0v) is 19.3. The molecule has 0 radical (unpaired) electrons.